The third-order valence-corrected chi connectivity index (χ3v) is 5.07. The summed E-state index contributed by atoms with van der Waals surface area (Å²) in [5, 5.41) is 0. The number of carbonyl (C=O) groups is 1. The number of benzene rings is 1. The Hall–Kier alpha value is -2.27. The van der Waals surface area contributed by atoms with Gasteiger partial charge in [0.05, 0.1) is 11.9 Å². The van der Waals surface area contributed by atoms with E-state index in [-0.39, 0.29) is 11.9 Å². The molecular formula is C20H26N4O. The molecule has 1 saturated heterocycles. The summed E-state index contributed by atoms with van der Waals surface area (Å²) in [5.74, 6) is -0.0192. The fourth-order valence-electron chi connectivity index (χ4n) is 3.53. The molecule has 0 saturated carbocycles. The number of carbonyl (C=O) groups excluding carboxylic acids is 1. The first-order chi connectivity index (χ1) is 12.1. The molecule has 1 aromatic heterocycles. The predicted molar refractivity (Wildman–Crippen MR) is 98.3 cm³/mol. The number of hydrogen-bond acceptors (Lipinski definition) is 4. The van der Waals surface area contributed by atoms with Gasteiger partial charge in [-0.3, -0.25) is 14.7 Å². The maximum absolute atomic E-state index is 12.8. The van der Waals surface area contributed by atoms with Crippen LogP contribution in [0.1, 0.15) is 48.1 Å². The second kappa shape index (κ2) is 7.74. The molecule has 25 heavy (non-hydrogen) atoms. The first-order valence-electron chi connectivity index (χ1n) is 8.98. The molecule has 0 bridgehead atoms. The van der Waals surface area contributed by atoms with E-state index in [1.807, 2.05) is 24.8 Å². The molecule has 0 radical (unpaired) electrons. The molecule has 1 amide bonds. The zero-order valence-electron chi connectivity index (χ0n) is 15.2. The Morgan fingerprint density at radius 1 is 1.28 bits per heavy atom. The number of likely N-dealkylation sites (N-methyl/N-ethyl adjacent to an activating group) is 1. The topological polar surface area (TPSA) is 49.3 Å². The van der Waals surface area contributed by atoms with E-state index in [1.54, 1.807) is 12.4 Å². The summed E-state index contributed by atoms with van der Waals surface area (Å²) in [6.45, 7) is 8.73. The molecule has 132 valence electrons. The highest BCUT2D eigenvalue weighted by Gasteiger charge is 2.33. The van der Waals surface area contributed by atoms with E-state index in [4.69, 9.17) is 0 Å². The summed E-state index contributed by atoms with van der Waals surface area (Å²) in [4.78, 5) is 25.7. The van der Waals surface area contributed by atoms with Crippen LogP contribution in [-0.2, 0) is 0 Å². The summed E-state index contributed by atoms with van der Waals surface area (Å²) in [7, 11) is 0. The van der Waals surface area contributed by atoms with E-state index in [2.05, 4.69) is 46.1 Å². The van der Waals surface area contributed by atoms with Gasteiger partial charge in [0.1, 0.15) is 5.69 Å². The molecule has 0 unspecified atom stereocenters. The highest BCUT2D eigenvalue weighted by atomic mass is 16.2. The Morgan fingerprint density at radius 2 is 2.04 bits per heavy atom. The number of likely N-dealkylation sites (tertiary alicyclic amines) is 1. The first kappa shape index (κ1) is 17.5. The van der Waals surface area contributed by atoms with Gasteiger partial charge in [0, 0.05) is 37.9 Å². The number of aromatic nitrogens is 2. The second-order valence-electron chi connectivity index (χ2n) is 6.66. The van der Waals surface area contributed by atoms with Gasteiger partial charge in [-0.05, 0) is 32.8 Å². The summed E-state index contributed by atoms with van der Waals surface area (Å²) in [5.41, 5.74) is 2.58. The van der Waals surface area contributed by atoms with Crippen LogP contribution >= 0.6 is 0 Å². The number of aryl methyl sites for hydroxylation is 1. The van der Waals surface area contributed by atoms with Gasteiger partial charge in [-0.15, -0.1) is 0 Å². The van der Waals surface area contributed by atoms with Gasteiger partial charge in [0.15, 0.2) is 0 Å². The normalized spacial score (nSPS) is 18.9. The van der Waals surface area contributed by atoms with E-state index in [1.165, 1.54) is 5.56 Å². The average molecular weight is 338 g/mol. The summed E-state index contributed by atoms with van der Waals surface area (Å²) < 4.78 is 0. The minimum absolute atomic E-state index is 0.0192. The van der Waals surface area contributed by atoms with Crippen LogP contribution in [0.15, 0.2) is 42.7 Å². The lowest BCUT2D eigenvalue weighted by Gasteiger charge is -2.29. The highest BCUT2D eigenvalue weighted by Crippen LogP contribution is 2.27. The SMILES string of the molecule is CCN(C(=O)c1cnc(C)cn1)[C@H]1CCN([C@H](C)c2ccccc2)C1. The lowest BCUT2D eigenvalue weighted by molar-refractivity contribution is 0.0682. The van der Waals surface area contributed by atoms with Crippen molar-refractivity contribution in [3.8, 4) is 0 Å². The Labute approximate surface area is 149 Å². The molecule has 2 heterocycles. The van der Waals surface area contributed by atoms with Crippen LogP contribution in [-0.4, -0.2) is 51.4 Å². The van der Waals surface area contributed by atoms with Crippen molar-refractivity contribution in [3.05, 3.63) is 59.7 Å². The van der Waals surface area contributed by atoms with Gasteiger partial charge in [0.2, 0.25) is 0 Å². The molecule has 2 aromatic rings. The van der Waals surface area contributed by atoms with Crippen LogP contribution in [0.4, 0.5) is 0 Å². The molecule has 1 aromatic carbocycles. The molecule has 3 rings (SSSR count). The second-order valence-corrected chi connectivity index (χ2v) is 6.66. The van der Waals surface area contributed by atoms with Crippen LogP contribution in [0.3, 0.4) is 0 Å². The van der Waals surface area contributed by atoms with Crippen molar-refractivity contribution >= 4 is 5.91 Å². The van der Waals surface area contributed by atoms with Crippen molar-refractivity contribution in [1.82, 2.24) is 19.8 Å². The maximum atomic E-state index is 12.8. The molecule has 1 fully saturated rings. The monoisotopic (exact) mass is 338 g/mol. The average Bonchev–Trinajstić information content (AvgIpc) is 3.12. The summed E-state index contributed by atoms with van der Waals surface area (Å²) >= 11 is 0. The smallest absolute Gasteiger partial charge is 0.274 e. The molecule has 2 atom stereocenters. The third-order valence-electron chi connectivity index (χ3n) is 5.07. The van der Waals surface area contributed by atoms with Crippen LogP contribution in [0.25, 0.3) is 0 Å². The van der Waals surface area contributed by atoms with Crippen molar-refractivity contribution < 1.29 is 4.79 Å². The van der Waals surface area contributed by atoms with Gasteiger partial charge in [-0.1, -0.05) is 30.3 Å². The van der Waals surface area contributed by atoms with Crippen molar-refractivity contribution in [2.75, 3.05) is 19.6 Å². The molecule has 1 aliphatic rings. The van der Waals surface area contributed by atoms with Gasteiger partial charge in [-0.2, -0.15) is 0 Å². The number of rotatable bonds is 5. The van der Waals surface area contributed by atoms with Gasteiger partial charge in [0.25, 0.3) is 5.91 Å². The Balaban J connectivity index is 1.68. The zero-order valence-corrected chi connectivity index (χ0v) is 15.2. The minimum Gasteiger partial charge on any atom is -0.333 e. The molecular weight excluding hydrogens is 312 g/mol. The van der Waals surface area contributed by atoms with Crippen LogP contribution in [0.5, 0.6) is 0 Å². The Bertz CT molecular complexity index is 701. The number of hydrogen-bond donors (Lipinski definition) is 0. The number of amides is 1. The predicted octanol–water partition coefficient (Wildman–Crippen LogP) is 3.08. The Kier molecular flexibility index (Phi) is 5.43. The Morgan fingerprint density at radius 3 is 2.68 bits per heavy atom. The van der Waals surface area contributed by atoms with E-state index in [0.717, 1.165) is 25.2 Å². The minimum atomic E-state index is -0.0192. The van der Waals surface area contributed by atoms with Crippen molar-refractivity contribution in [2.45, 2.75) is 39.3 Å². The molecule has 0 N–H and O–H groups in total. The van der Waals surface area contributed by atoms with Gasteiger partial charge < -0.3 is 4.90 Å². The fourth-order valence-corrected chi connectivity index (χ4v) is 3.53. The fraction of sp³-hybridized carbons (Fsp3) is 0.450. The lowest BCUT2D eigenvalue weighted by Crippen LogP contribution is -2.42. The van der Waals surface area contributed by atoms with Crippen molar-refractivity contribution in [2.24, 2.45) is 0 Å². The summed E-state index contributed by atoms with van der Waals surface area (Å²) in [6.07, 6.45) is 4.23. The molecule has 5 nitrogen and oxygen atoms in total. The quantitative estimate of drug-likeness (QED) is 0.841. The van der Waals surface area contributed by atoms with Gasteiger partial charge >= 0.3 is 0 Å². The van der Waals surface area contributed by atoms with E-state index >= 15 is 0 Å². The van der Waals surface area contributed by atoms with Crippen LogP contribution < -0.4 is 0 Å². The zero-order chi connectivity index (χ0) is 17.8. The van der Waals surface area contributed by atoms with E-state index < -0.39 is 0 Å². The molecule has 5 heteroatoms. The first-order valence-corrected chi connectivity index (χ1v) is 8.98. The third kappa shape index (κ3) is 3.87. The van der Waals surface area contributed by atoms with Crippen LogP contribution in [0, 0.1) is 6.92 Å². The highest BCUT2D eigenvalue weighted by molar-refractivity contribution is 5.92. The van der Waals surface area contributed by atoms with Crippen LogP contribution in [0.2, 0.25) is 0 Å². The van der Waals surface area contributed by atoms with Crippen molar-refractivity contribution in [3.63, 3.8) is 0 Å². The van der Waals surface area contributed by atoms with E-state index in [9.17, 15) is 4.79 Å². The standard InChI is InChI=1S/C20H26N4O/c1-4-24(20(25)19-13-21-15(2)12-22-19)18-10-11-23(14-18)16(3)17-8-6-5-7-9-17/h5-9,12-13,16,18H,4,10-11,14H2,1-3H3/t16-,18+/m1/s1. The largest absolute Gasteiger partial charge is 0.333 e. The van der Waals surface area contributed by atoms with Crippen molar-refractivity contribution in [1.29, 1.82) is 0 Å². The summed E-state index contributed by atoms with van der Waals surface area (Å²) in [6, 6.07) is 11.1. The molecule has 1 aliphatic heterocycles. The van der Waals surface area contributed by atoms with Gasteiger partial charge in [-0.25, -0.2) is 4.98 Å². The molecule has 0 aliphatic carbocycles. The van der Waals surface area contributed by atoms with E-state index in [0.29, 0.717) is 18.3 Å². The molecule has 0 spiro atoms. The lowest BCUT2D eigenvalue weighted by atomic mass is 10.1. The number of nitrogens with zero attached hydrogens (tertiary/aromatic N) is 4. The maximum Gasteiger partial charge on any atom is 0.274 e.